The minimum Gasteiger partial charge on any atom is -0.445 e. The van der Waals surface area contributed by atoms with Gasteiger partial charge in [-0.15, -0.1) is 11.8 Å². The smallest absolute Gasteiger partial charge is 0.411 e. The summed E-state index contributed by atoms with van der Waals surface area (Å²) >= 11 is 3.80. The number of ether oxygens (including phenoxy) is 1. The molecule has 136 valence electrons. The van der Waals surface area contributed by atoms with Gasteiger partial charge < -0.3 is 10.1 Å². The van der Waals surface area contributed by atoms with Crippen LogP contribution < -0.4 is 5.32 Å². The van der Waals surface area contributed by atoms with Gasteiger partial charge in [0, 0.05) is 15.0 Å². The van der Waals surface area contributed by atoms with E-state index in [9.17, 15) is 9.59 Å². The number of carbonyl (C=O) groups is 2. The third-order valence-electron chi connectivity index (χ3n) is 4.05. The molecule has 0 aromatic heterocycles. The summed E-state index contributed by atoms with van der Waals surface area (Å²) in [4.78, 5) is 26.5. The molecule has 26 heavy (non-hydrogen) atoms. The summed E-state index contributed by atoms with van der Waals surface area (Å²) in [5, 5.41) is 2.91. The number of hydrogen-bond acceptors (Lipinski definition) is 4. The molecule has 0 bridgehead atoms. The van der Waals surface area contributed by atoms with Gasteiger partial charge in [0.2, 0.25) is 5.91 Å². The van der Waals surface area contributed by atoms with Crippen LogP contribution in [0.4, 0.5) is 10.5 Å². The number of rotatable bonds is 4. The molecule has 0 unspecified atom stereocenters. The van der Waals surface area contributed by atoms with Gasteiger partial charge in [-0.1, -0.05) is 30.3 Å². The highest BCUT2D eigenvalue weighted by Crippen LogP contribution is 2.24. The van der Waals surface area contributed by atoms with E-state index in [1.807, 2.05) is 55.5 Å². The summed E-state index contributed by atoms with van der Waals surface area (Å²) in [6, 6.07) is 14.7. The Morgan fingerprint density at radius 1 is 1.27 bits per heavy atom. The number of nitrogens with zero attached hydrogens (tertiary/aromatic N) is 1. The fourth-order valence-electron chi connectivity index (χ4n) is 2.59. The number of carbonyl (C=O) groups excluding carboxylic acids is 2. The van der Waals surface area contributed by atoms with Gasteiger partial charge in [-0.2, -0.15) is 0 Å². The number of aryl methyl sites for hydroxylation is 1. The zero-order chi connectivity index (χ0) is 18.5. The molecule has 0 saturated carbocycles. The zero-order valence-electron chi connectivity index (χ0n) is 14.3. The lowest BCUT2D eigenvalue weighted by molar-refractivity contribution is -0.119. The topological polar surface area (TPSA) is 58.6 Å². The monoisotopic (exact) mass is 482 g/mol. The second-order valence-corrected chi connectivity index (χ2v) is 8.14. The van der Waals surface area contributed by atoms with Crippen molar-refractivity contribution in [3.63, 3.8) is 0 Å². The van der Waals surface area contributed by atoms with Gasteiger partial charge >= 0.3 is 6.09 Å². The van der Waals surface area contributed by atoms with Crippen molar-refractivity contribution < 1.29 is 14.3 Å². The molecule has 3 rings (SSSR count). The molecule has 1 atom stereocenters. The molecule has 1 heterocycles. The molecule has 2 aromatic carbocycles. The second-order valence-electron chi connectivity index (χ2n) is 5.98. The van der Waals surface area contributed by atoms with E-state index in [0.717, 1.165) is 20.4 Å². The largest absolute Gasteiger partial charge is 0.445 e. The summed E-state index contributed by atoms with van der Waals surface area (Å²) in [7, 11) is 0. The van der Waals surface area contributed by atoms with Gasteiger partial charge in [-0.25, -0.2) is 4.79 Å². The Bertz CT molecular complexity index is 801. The van der Waals surface area contributed by atoms with Gasteiger partial charge in [0.1, 0.15) is 12.6 Å². The van der Waals surface area contributed by atoms with Crippen LogP contribution in [-0.4, -0.2) is 34.6 Å². The Kier molecular flexibility index (Phi) is 6.42. The SMILES string of the molecule is Cc1cc(NC(=O)[C@@H]2CSCN2C(=O)OCc2ccccc2)ccc1I. The first-order chi connectivity index (χ1) is 12.5. The van der Waals surface area contributed by atoms with Crippen LogP contribution in [-0.2, 0) is 16.1 Å². The Morgan fingerprint density at radius 2 is 2.04 bits per heavy atom. The van der Waals surface area contributed by atoms with Crippen LogP contribution in [0.15, 0.2) is 48.5 Å². The van der Waals surface area contributed by atoms with Gasteiger partial charge in [0.25, 0.3) is 0 Å². The Balaban J connectivity index is 1.60. The molecular formula is C19H19IN2O3S. The maximum Gasteiger partial charge on any atom is 0.411 e. The average Bonchev–Trinajstić information content (AvgIpc) is 3.14. The van der Waals surface area contributed by atoms with E-state index in [1.54, 1.807) is 11.8 Å². The fraction of sp³-hybridized carbons (Fsp3) is 0.263. The third-order valence-corrected chi connectivity index (χ3v) is 6.27. The van der Waals surface area contributed by atoms with Crippen LogP contribution in [0.3, 0.4) is 0 Å². The molecule has 1 saturated heterocycles. The minimum absolute atomic E-state index is 0.188. The summed E-state index contributed by atoms with van der Waals surface area (Å²) < 4.78 is 6.51. The third kappa shape index (κ3) is 4.70. The highest BCUT2D eigenvalue weighted by atomic mass is 127. The number of amides is 2. The predicted molar refractivity (Wildman–Crippen MR) is 112 cm³/mol. The first-order valence-electron chi connectivity index (χ1n) is 8.16. The molecule has 1 aliphatic heterocycles. The molecule has 1 fully saturated rings. The van der Waals surface area contributed by atoms with Gasteiger partial charge in [-0.3, -0.25) is 9.69 Å². The Morgan fingerprint density at radius 3 is 2.77 bits per heavy atom. The molecule has 2 amide bonds. The van der Waals surface area contributed by atoms with Crippen molar-refractivity contribution in [1.29, 1.82) is 0 Å². The molecule has 2 aromatic rings. The average molecular weight is 482 g/mol. The lowest BCUT2D eigenvalue weighted by Crippen LogP contribution is -2.44. The van der Waals surface area contributed by atoms with Crippen LogP contribution >= 0.6 is 34.4 Å². The van der Waals surface area contributed by atoms with E-state index >= 15 is 0 Å². The van der Waals surface area contributed by atoms with E-state index in [1.165, 1.54) is 4.90 Å². The highest BCUT2D eigenvalue weighted by molar-refractivity contribution is 14.1. The summed E-state index contributed by atoms with van der Waals surface area (Å²) in [6.45, 7) is 2.20. The number of halogens is 1. The van der Waals surface area contributed by atoms with Gasteiger partial charge in [-0.05, 0) is 58.8 Å². The molecule has 0 aliphatic carbocycles. The highest BCUT2D eigenvalue weighted by Gasteiger charge is 2.35. The first kappa shape index (κ1) is 19.0. The van der Waals surface area contributed by atoms with Crippen LogP contribution in [0.25, 0.3) is 0 Å². The summed E-state index contributed by atoms with van der Waals surface area (Å²) in [5.74, 6) is 0.833. The molecule has 5 nitrogen and oxygen atoms in total. The van der Waals surface area contributed by atoms with Crippen LogP contribution in [0, 0.1) is 10.5 Å². The number of nitrogens with one attached hydrogen (secondary N) is 1. The number of hydrogen-bond donors (Lipinski definition) is 1. The van der Waals surface area contributed by atoms with Crippen molar-refractivity contribution in [3.8, 4) is 0 Å². The van der Waals surface area contributed by atoms with Gasteiger partial charge in [0.15, 0.2) is 0 Å². The van der Waals surface area contributed by atoms with E-state index < -0.39 is 12.1 Å². The van der Waals surface area contributed by atoms with Gasteiger partial charge in [0.05, 0.1) is 5.88 Å². The quantitative estimate of drug-likeness (QED) is 0.663. The van der Waals surface area contributed by atoms with Crippen LogP contribution in [0.2, 0.25) is 0 Å². The van der Waals surface area contributed by atoms with Crippen molar-refractivity contribution in [3.05, 3.63) is 63.2 Å². The lowest BCUT2D eigenvalue weighted by Gasteiger charge is -2.22. The molecule has 7 heteroatoms. The molecule has 1 aliphatic rings. The normalized spacial score (nSPS) is 16.4. The Labute approximate surface area is 170 Å². The second kappa shape index (κ2) is 8.77. The lowest BCUT2D eigenvalue weighted by atomic mass is 10.2. The first-order valence-corrected chi connectivity index (χ1v) is 10.4. The maximum absolute atomic E-state index is 12.6. The Hall–Kier alpha value is -1.74. The summed E-state index contributed by atoms with van der Waals surface area (Å²) in [6.07, 6.45) is -0.460. The molecule has 0 spiro atoms. The van der Waals surface area contributed by atoms with Crippen LogP contribution in [0.1, 0.15) is 11.1 Å². The van der Waals surface area contributed by atoms with Crippen molar-refractivity contribution in [1.82, 2.24) is 4.90 Å². The fourth-order valence-corrected chi connectivity index (χ4v) is 4.07. The number of benzene rings is 2. The van der Waals surface area contributed by atoms with Crippen molar-refractivity contribution in [2.45, 2.75) is 19.6 Å². The van der Waals surface area contributed by atoms with E-state index in [4.69, 9.17) is 4.74 Å². The standard InChI is InChI=1S/C19H19IN2O3S/c1-13-9-15(7-8-16(13)20)21-18(23)17-11-26-12-22(17)19(24)25-10-14-5-3-2-4-6-14/h2-9,17H,10-12H2,1H3,(H,21,23)/t17-/m0/s1. The maximum atomic E-state index is 12.6. The molecule has 0 radical (unpaired) electrons. The van der Waals surface area contributed by atoms with Crippen molar-refractivity contribution >= 4 is 52.0 Å². The summed E-state index contributed by atoms with van der Waals surface area (Å²) in [5.41, 5.74) is 2.76. The predicted octanol–water partition coefficient (Wildman–Crippen LogP) is 4.25. The van der Waals surface area contributed by atoms with E-state index in [2.05, 4.69) is 27.9 Å². The van der Waals surface area contributed by atoms with Crippen molar-refractivity contribution in [2.75, 3.05) is 16.9 Å². The zero-order valence-corrected chi connectivity index (χ0v) is 17.2. The number of thioether (sulfide) groups is 1. The number of anilines is 1. The van der Waals surface area contributed by atoms with Crippen molar-refractivity contribution in [2.24, 2.45) is 0 Å². The van der Waals surface area contributed by atoms with E-state index in [-0.39, 0.29) is 12.5 Å². The minimum atomic E-state index is -0.525. The van der Waals surface area contributed by atoms with Crippen LogP contribution in [0.5, 0.6) is 0 Å². The molecular weight excluding hydrogens is 463 g/mol. The molecule has 1 N–H and O–H groups in total. The van der Waals surface area contributed by atoms with E-state index in [0.29, 0.717) is 11.6 Å².